The molecular weight excluding hydrogens is 593 g/mol. The lowest BCUT2D eigenvalue weighted by molar-refractivity contribution is 0.669. The highest BCUT2D eigenvalue weighted by Gasteiger charge is 2.19. The highest BCUT2D eigenvalue weighted by molar-refractivity contribution is 6.22. The van der Waals surface area contributed by atoms with Gasteiger partial charge < -0.3 is 4.42 Å². The lowest BCUT2D eigenvalue weighted by Gasteiger charge is -2.18. The molecule has 0 radical (unpaired) electrons. The van der Waals surface area contributed by atoms with Crippen molar-refractivity contribution in [3.8, 4) is 44.5 Å². The molecule has 49 heavy (non-hydrogen) atoms. The van der Waals surface area contributed by atoms with Gasteiger partial charge in [-0.05, 0) is 101 Å². The zero-order valence-corrected chi connectivity index (χ0v) is 26.4. The third-order valence-electron chi connectivity index (χ3n) is 9.72. The third-order valence-corrected chi connectivity index (χ3v) is 9.72. The van der Waals surface area contributed by atoms with Gasteiger partial charge in [0.05, 0.1) is 5.48 Å². The molecule has 1 heteroatoms. The van der Waals surface area contributed by atoms with Crippen molar-refractivity contribution in [1.82, 2.24) is 0 Å². The molecule has 10 aromatic rings. The Morgan fingerprint density at radius 3 is 1.57 bits per heavy atom. The van der Waals surface area contributed by atoms with Gasteiger partial charge in [0.1, 0.15) is 11.2 Å². The first-order chi connectivity index (χ1) is 26.0. The minimum absolute atomic E-state index is 0.0452. The van der Waals surface area contributed by atoms with Gasteiger partial charge in [0.25, 0.3) is 0 Å². The number of benzene rings is 9. The van der Waals surface area contributed by atoms with Crippen molar-refractivity contribution in [1.29, 1.82) is 0 Å². The summed E-state index contributed by atoms with van der Waals surface area (Å²) in [6.07, 6.45) is 0. The molecule has 0 aliphatic rings. The van der Waals surface area contributed by atoms with Crippen molar-refractivity contribution in [3.63, 3.8) is 0 Å². The molecule has 0 fully saturated rings. The van der Waals surface area contributed by atoms with Crippen LogP contribution in [0.25, 0.3) is 98.8 Å². The molecule has 1 nitrogen and oxygen atoms in total. The Hall–Kier alpha value is -6.44. The van der Waals surface area contributed by atoms with Gasteiger partial charge in [0.15, 0.2) is 0 Å². The van der Waals surface area contributed by atoms with E-state index in [1.807, 2.05) is 97.1 Å². The van der Waals surface area contributed by atoms with Crippen LogP contribution in [0.2, 0.25) is 0 Å². The fourth-order valence-electron chi connectivity index (χ4n) is 7.59. The smallest absolute Gasteiger partial charge is 0.136 e. The summed E-state index contributed by atoms with van der Waals surface area (Å²) in [6, 6.07) is 52.6. The molecule has 0 atom stereocenters. The maximum absolute atomic E-state index is 9.96. The molecule has 0 aliphatic carbocycles. The third kappa shape index (κ3) is 4.40. The van der Waals surface area contributed by atoms with Gasteiger partial charge >= 0.3 is 0 Å². The van der Waals surface area contributed by atoms with E-state index in [9.17, 15) is 5.48 Å². The minimum atomic E-state index is -0.217. The molecule has 0 unspecified atom stereocenters. The summed E-state index contributed by atoms with van der Waals surface area (Å²) in [5.74, 6) is 0. The fraction of sp³-hybridized carbons (Fsp3) is 0. The van der Waals surface area contributed by atoms with Crippen LogP contribution >= 0.6 is 0 Å². The van der Waals surface area contributed by atoms with Crippen molar-refractivity contribution in [2.24, 2.45) is 0 Å². The Labute approximate surface area is 289 Å². The Kier molecular flexibility index (Phi) is 5.38. The standard InChI is InChI=1S/C48H30O/c1-2-14-32(15-3-1)45-39-19-6-8-21-41(39)46(42-22-9-7-20-40(42)45)36-18-10-17-34(30-36)37-23-11-25-43-47(37)48-38(24-12-26-44(48)49-43)35-28-27-31-13-4-5-16-33(31)29-35/h1-30H/i10D,17D,18D,30D. The molecular formula is C48H30O. The monoisotopic (exact) mass is 626 g/mol. The quantitative estimate of drug-likeness (QED) is 0.177. The van der Waals surface area contributed by atoms with E-state index in [0.29, 0.717) is 27.9 Å². The number of fused-ring (bicyclic) bond motifs is 6. The largest absolute Gasteiger partial charge is 0.456 e. The van der Waals surface area contributed by atoms with Gasteiger partial charge in [0.2, 0.25) is 0 Å². The molecule has 9 aromatic carbocycles. The van der Waals surface area contributed by atoms with Crippen LogP contribution in [0, 0.1) is 0 Å². The number of furan rings is 1. The molecule has 0 aliphatic heterocycles. The van der Waals surface area contributed by atoms with Crippen LogP contribution in [0.3, 0.4) is 0 Å². The summed E-state index contributed by atoms with van der Waals surface area (Å²) in [7, 11) is 0. The van der Waals surface area contributed by atoms with Crippen molar-refractivity contribution >= 4 is 54.3 Å². The molecule has 1 aromatic heterocycles. The lowest BCUT2D eigenvalue weighted by atomic mass is 9.85. The first-order valence-corrected chi connectivity index (χ1v) is 16.5. The molecule has 0 amide bonds. The van der Waals surface area contributed by atoms with Crippen LogP contribution in [0.5, 0.6) is 0 Å². The predicted octanol–water partition coefficient (Wildman–Crippen LogP) is 13.7. The number of hydrogen-bond donors (Lipinski definition) is 0. The minimum Gasteiger partial charge on any atom is -0.456 e. The Morgan fingerprint density at radius 2 is 0.918 bits per heavy atom. The molecule has 0 saturated carbocycles. The van der Waals surface area contributed by atoms with Crippen LogP contribution in [0.4, 0.5) is 0 Å². The molecule has 0 bridgehead atoms. The van der Waals surface area contributed by atoms with E-state index >= 15 is 0 Å². The first kappa shape index (κ1) is 23.8. The summed E-state index contributed by atoms with van der Waals surface area (Å²) in [6.45, 7) is 0. The molecule has 10 rings (SSSR count). The number of rotatable bonds is 4. The summed E-state index contributed by atoms with van der Waals surface area (Å²) < 4.78 is 44.4. The van der Waals surface area contributed by atoms with Crippen molar-refractivity contribution in [2.45, 2.75) is 0 Å². The molecule has 1 heterocycles. The van der Waals surface area contributed by atoms with Crippen LogP contribution in [-0.4, -0.2) is 0 Å². The van der Waals surface area contributed by atoms with Crippen molar-refractivity contribution in [2.75, 3.05) is 0 Å². The Morgan fingerprint density at radius 1 is 0.388 bits per heavy atom. The van der Waals surface area contributed by atoms with Crippen LogP contribution in [-0.2, 0) is 0 Å². The average Bonchev–Trinajstić information content (AvgIpc) is 3.60. The van der Waals surface area contributed by atoms with E-state index in [0.717, 1.165) is 70.9 Å². The second kappa shape index (κ2) is 11.1. The van der Waals surface area contributed by atoms with Gasteiger partial charge in [0, 0.05) is 10.8 Å². The van der Waals surface area contributed by atoms with E-state index in [2.05, 4.69) is 60.7 Å². The summed E-state index contributed by atoms with van der Waals surface area (Å²) in [5, 5.41) is 7.73. The van der Waals surface area contributed by atoms with Crippen molar-refractivity contribution < 1.29 is 9.90 Å². The zero-order chi connectivity index (χ0) is 35.8. The SMILES string of the molecule is [2H]c1c([2H])c(-c2c3ccccc3c(-c3ccccc3)c3ccccc23)c([2H])c(-c2cccc3oc4cccc(-c5ccc6ccccc6c5)c4c23)c1[2H]. The van der Waals surface area contributed by atoms with Gasteiger partial charge in [-0.2, -0.15) is 0 Å². The van der Waals surface area contributed by atoms with Gasteiger partial charge in [-0.25, -0.2) is 0 Å². The summed E-state index contributed by atoms with van der Waals surface area (Å²) in [4.78, 5) is 0. The van der Waals surface area contributed by atoms with Crippen LogP contribution in [0.1, 0.15) is 5.48 Å². The molecule has 0 N–H and O–H groups in total. The Balaban J connectivity index is 1.30. The second-order valence-corrected chi connectivity index (χ2v) is 12.5. The highest BCUT2D eigenvalue weighted by atomic mass is 16.3. The lowest BCUT2D eigenvalue weighted by Crippen LogP contribution is -1.91. The molecule has 0 spiro atoms. The zero-order valence-electron chi connectivity index (χ0n) is 30.4. The van der Waals surface area contributed by atoms with E-state index in [1.165, 1.54) is 0 Å². The van der Waals surface area contributed by atoms with Gasteiger partial charge in [-0.1, -0.05) is 158 Å². The maximum atomic E-state index is 9.96. The van der Waals surface area contributed by atoms with E-state index in [-0.39, 0.29) is 24.2 Å². The summed E-state index contributed by atoms with van der Waals surface area (Å²) in [5.41, 5.74) is 7.51. The second-order valence-electron chi connectivity index (χ2n) is 12.5. The van der Waals surface area contributed by atoms with Crippen LogP contribution in [0.15, 0.2) is 186 Å². The molecule has 0 saturated heterocycles. The van der Waals surface area contributed by atoms with E-state index in [4.69, 9.17) is 4.42 Å². The Bertz CT molecular complexity index is 3050. The summed E-state index contributed by atoms with van der Waals surface area (Å²) >= 11 is 0. The normalized spacial score (nSPS) is 12.8. The van der Waals surface area contributed by atoms with Crippen molar-refractivity contribution in [3.05, 3.63) is 182 Å². The van der Waals surface area contributed by atoms with Gasteiger partial charge in [-0.3, -0.25) is 0 Å². The van der Waals surface area contributed by atoms with Crippen LogP contribution < -0.4 is 0 Å². The number of hydrogen-bond acceptors (Lipinski definition) is 1. The maximum Gasteiger partial charge on any atom is 0.136 e. The van der Waals surface area contributed by atoms with E-state index in [1.54, 1.807) is 0 Å². The fourth-order valence-corrected chi connectivity index (χ4v) is 7.59. The molecule has 228 valence electrons. The first-order valence-electron chi connectivity index (χ1n) is 18.5. The average molecular weight is 627 g/mol. The van der Waals surface area contributed by atoms with E-state index < -0.39 is 0 Å². The topological polar surface area (TPSA) is 13.1 Å². The highest BCUT2D eigenvalue weighted by Crippen LogP contribution is 2.46. The van der Waals surface area contributed by atoms with Gasteiger partial charge in [-0.15, -0.1) is 0 Å². The predicted molar refractivity (Wildman–Crippen MR) is 208 cm³/mol.